The van der Waals surface area contributed by atoms with E-state index in [2.05, 4.69) is 5.32 Å². The molecule has 27 heavy (non-hydrogen) atoms. The van der Waals surface area contributed by atoms with Gasteiger partial charge in [0.1, 0.15) is 5.75 Å². The number of anilines is 1. The molecule has 0 amide bonds. The van der Waals surface area contributed by atoms with Crippen LogP contribution in [0, 0.1) is 10.1 Å². The highest BCUT2D eigenvalue weighted by molar-refractivity contribution is 7.54. The van der Waals surface area contributed by atoms with E-state index >= 15 is 0 Å². The number of non-ortho nitro benzene ring substituents is 1. The Morgan fingerprint density at radius 3 is 2.04 bits per heavy atom. The summed E-state index contributed by atoms with van der Waals surface area (Å²) in [5.41, 5.74) is 1.21. The summed E-state index contributed by atoms with van der Waals surface area (Å²) in [5.74, 6) is -0.125. The van der Waals surface area contributed by atoms with Crippen LogP contribution in [0.3, 0.4) is 0 Å². The van der Waals surface area contributed by atoms with Crippen molar-refractivity contribution in [2.75, 3.05) is 25.6 Å². The lowest BCUT2D eigenvalue weighted by atomic mass is 10.2. The van der Waals surface area contributed by atoms with Gasteiger partial charge in [0.2, 0.25) is 0 Å². The maximum absolute atomic E-state index is 13.4. The Morgan fingerprint density at radius 1 is 1.04 bits per heavy atom. The van der Waals surface area contributed by atoms with Crippen LogP contribution in [0.2, 0.25) is 0 Å². The van der Waals surface area contributed by atoms with Gasteiger partial charge in [0, 0.05) is 17.8 Å². The number of ether oxygens (including phenoxy) is 1. The Labute approximate surface area is 158 Å². The van der Waals surface area contributed by atoms with Crippen LogP contribution in [-0.2, 0) is 13.6 Å². The van der Waals surface area contributed by atoms with Crippen molar-refractivity contribution in [3.8, 4) is 5.75 Å². The molecule has 9 heteroatoms. The Morgan fingerprint density at radius 2 is 1.59 bits per heavy atom. The van der Waals surface area contributed by atoms with Crippen molar-refractivity contribution in [1.29, 1.82) is 0 Å². The average Bonchev–Trinajstić information content (AvgIpc) is 2.67. The molecule has 0 saturated heterocycles. The summed E-state index contributed by atoms with van der Waals surface area (Å²) in [6, 6.07) is 12.9. The minimum absolute atomic E-state index is 0.0284. The fraction of sp³-hybridized carbons (Fsp3) is 0.333. The molecular weight excluding hydrogens is 371 g/mol. The molecule has 0 aliphatic carbocycles. The minimum Gasteiger partial charge on any atom is -0.497 e. The van der Waals surface area contributed by atoms with Gasteiger partial charge in [-0.15, -0.1) is 0 Å². The number of methoxy groups -OCH3 is 1. The molecule has 2 rings (SSSR count). The summed E-state index contributed by atoms with van der Waals surface area (Å²) in [6.45, 7) is 3.91. The summed E-state index contributed by atoms with van der Waals surface area (Å²) in [7, 11) is -1.99. The van der Waals surface area contributed by atoms with Gasteiger partial charge >= 0.3 is 7.60 Å². The van der Waals surface area contributed by atoms with Gasteiger partial charge in [0.25, 0.3) is 5.69 Å². The highest BCUT2D eigenvalue weighted by Gasteiger charge is 2.37. The van der Waals surface area contributed by atoms with Crippen molar-refractivity contribution in [3.63, 3.8) is 0 Å². The van der Waals surface area contributed by atoms with Crippen molar-refractivity contribution in [3.05, 3.63) is 64.2 Å². The van der Waals surface area contributed by atoms with Crippen molar-refractivity contribution < 1.29 is 23.3 Å². The fourth-order valence-electron chi connectivity index (χ4n) is 2.51. The topological polar surface area (TPSA) is 99.9 Å². The quantitative estimate of drug-likeness (QED) is 0.344. The molecular formula is C18H23N2O6P. The first kappa shape index (κ1) is 20.9. The van der Waals surface area contributed by atoms with Crippen LogP contribution < -0.4 is 10.1 Å². The van der Waals surface area contributed by atoms with E-state index in [0.717, 1.165) is 0 Å². The minimum atomic E-state index is -3.56. The van der Waals surface area contributed by atoms with E-state index in [4.69, 9.17) is 13.8 Å². The number of rotatable bonds is 10. The highest BCUT2D eigenvalue weighted by Crippen LogP contribution is 2.60. The Hall–Kier alpha value is -2.41. The summed E-state index contributed by atoms with van der Waals surface area (Å²) >= 11 is 0. The first-order chi connectivity index (χ1) is 12.9. The molecule has 0 aliphatic heterocycles. The van der Waals surface area contributed by atoms with E-state index in [1.54, 1.807) is 57.4 Å². The molecule has 1 unspecified atom stereocenters. The zero-order valence-corrected chi connectivity index (χ0v) is 16.3. The van der Waals surface area contributed by atoms with Crippen molar-refractivity contribution in [2.45, 2.75) is 19.6 Å². The molecule has 0 bridgehead atoms. The van der Waals surface area contributed by atoms with Gasteiger partial charge in [-0.25, -0.2) is 0 Å². The van der Waals surface area contributed by atoms with E-state index in [-0.39, 0.29) is 18.9 Å². The monoisotopic (exact) mass is 394 g/mol. The molecule has 0 saturated carbocycles. The second kappa shape index (κ2) is 9.50. The molecule has 1 N–H and O–H groups in total. The number of hydrogen-bond donors (Lipinski definition) is 1. The largest absolute Gasteiger partial charge is 0.497 e. The average molecular weight is 394 g/mol. The Kier molecular flexibility index (Phi) is 7.36. The Bertz CT molecular complexity index is 785. The molecule has 2 aromatic carbocycles. The number of nitro groups is 1. The normalized spacial score (nSPS) is 12.4. The second-order valence-electron chi connectivity index (χ2n) is 5.50. The van der Waals surface area contributed by atoms with E-state index in [0.29, 0.717) is 17.0 Å². The molecule has 1 atom stereocenters. The number of hydrogen-bond acceptors (Lipinski definition) is 7. The molecule has 0 spiro atoms. The number of benzene rings is 2. The van der Waals surface area contributed by atoms with Crippen LogP contribution in [0.4, 0.5) is 11.4 Å². The van der Waals surface area contributed by atoms with Gasteiger partial charge in [-0.2, -0.15) is 0 Å². The predicted molar refractivity (Wildman–Crippen MR) is 103 cm³/mol. The standard InChI is InChI=1S/C18H23N2O6P/c1-4-25-27(23,26-5-2)18(14-6-12-17(24-3)13-7-14)19-15-8-10-16(11-9-15)20(21)22/h6-13,18-19H,4-5H2,1-3H3. The lowest BCUT2D eigenvalue weighted by Crippen LogP contribution is -2.15. The van der Waals surface area contributed by atoms with Gasteiger partial charge in [-0.3, -0.25) is 14.7 Å². The second-order valence-corrected chi connectivity index (χ2v) is 7.61. The molecule has 0 aromatic heterocycles. The van der Waals surface area contributed by atoms with Crippen LogP contribution in [0.25, 0.3) is 0 Å². The van der Waals surface area contributed by atoms with Crippen LogP contribution in [0.5, 0.6) is 5.75 Å². The third-order valence-electron chi connectivity index (χ3n) is 3.75. The summed E-state index contributed by atoms with van der Waals surface area (Å²) in [4.78, 5) is 10.4. The van der Waals surface area contributed by atoms with Gasteiger partial charge in [0.15, 0.2) is 5.78 Å². The number of nitrogens with one attached hydrogen (secondary N) is 1. The molecule has 0 heterocycles. The summed E-state index contributed by atoms with van der Waals surface area (Å²) in [5, 5.41) is 14.0. The van der Waals surface area contributed by atoms with E-state index in [1.807, 2.05) is 0 Å². The van der Waals surface area contributed by atoms with Gasteiger partial charge in [-0.05, 0) is 43.7 Å². The first-order valence-electron chi connectivity index (χ1n) is 8.47. The molecule has 0 radical (unpaired) electrons. The molecule has 0 aliphatic rings. The molecule has 146 valence electrons. The van der Waals surface area contributed by atoms with Crippen molar-refractivity contribution in [1.82, 2.24) is 0 Å². The van der Waals surface area contributed by atoms with Crippen molar-refractivity contribution >= 4 is 19.0 Å². The predicted octanol–water partition coefficient (Wildman–Crippen LogP) is 4.98. The molecule has 0 fully saturated rings. The highest BCUT2D eigenvalue weighted by atomic mass is 31.2. The molecule has 8 nitrogen and oxygen atoms in total. The van der Waals surface area contributed by atoms with Crippen LogP contribution in [0.15, 0.2) is 48.5 Å². The third kappa shape index (κ3) is 5.29. The third-order valence-corrected chi connectivity index (χ3v) is 6.04. The maximum Gasteiger partial charge on any atom is 0.357 e. The van der Waals surface area contributed by atoms with E-state index < -0.39 is 18.3 Å². The molecule has 2 aromatic rings. The number of nitro benzene ring substituents is 1. The van der Waals surface area contributed by atoms with Crippen LogP contribution in [-0.4, -0.2) is 25.2 Å². The zero-order chi connectivity index (χ0) is 19.9. The van der Waals surface area contributed by atoms with Gasteiger partial charge in [0.05, 0.1) is 25.2 Å². The smallest absolute Gasteiger partial charge is 0.357 e. The first-order valence-corrected chi connectivity index (χ1v) is 10.1. The number of nitrogens with zero attached hydrogens (tertiary/aromatic N) is 1. The van der Waals surface area contributed by atoms with Gasteiger partial charge < -0.3 is 19.1 Å². The van der Waals surface area contributed by atoms with Crippen molar-refractivity contribution in [2.24, 2.45) is 0 Å². The lowest BCUT2D eigenvalue weighted by molar-refractivity contribution is -0.384. The lowest BCUT2D eigenvalue weighted by Gasteiger charge is -2.28. The van der Waals surface area contributed by atoms with Crippen LogP contribution >= 0.6 is 7.60 Å². The maximum atomic E-state index is 13.4. The SMILES string of the molecule is CCOP(=O)(OCC)C(Nc1ccc([N+](=O)[O-])cc1)c1ccc(OC)cc1. The Balaban J connectivity index is 2.41. The van der Waals surface area contributed by atoms with E-state index in [1.165, 1.54) is 12.1 Å². The van der Waals surface area contributed by atoms with Crippen LogP contribution in [0.1, 0.15) is 25.2 Å². The fourth-order valence-corrected chi connectivity index (χ4v) is 4.45. The van der Waals surface area contributed by atoms with E-state index in [9.17, 15) is 14.7 Å². The van der Waals surface area contributed by atoms with Gasteiger partial charge in [-0.1, -0.05) is 12.1 Å². The summed E-state index contributed by atoms with van der Waals surface area (Å²) in [6.07, 6.45) is 0. The summed E-state index contributed by atoms with van der Waals surface area (Å²) < 4.78 is 29.6. The zero-order valence-electron chi connectivity index (χ0n) is 15.5.